The lowest BCUT2D eigenvalue weighted by Crippen LogP contribution is -2.25. The van der Waals surface area contributed by atoms with E-state index in [2.05, 4.69) is 43.4 Å². The summed E-state index contributed by atoms with van der Waals surface area (Å²) in [6, 6.07) is 8.40. The van der Waals surface area contributed by atoms with Gasteiger partial charge in [0.25, 0.3) is 0 Å². The van der Waals surface area contributed by atoms with Crippen molar-refractivity contribution in [3.8, 4) is 0 Å². The van der Waals surface area contributed by atoms with Crippen LogP contribution in [0.1, 0.15) is 57.4 Å². The molecule has 1 aliphatic rings. The molecule has 2 heterocycles. The van der Waals surface area contributed by atoms with Crippen molar-refractivity contribution in [2.24, 2.45) is 5.92 Å². The van der Waals surface area contributed by atoms with Gasteiger partial charge in [0.05, 0.1) is 10.9 Å². The Morgan fingerprint density at radius 2 is 2.04 bits per heavy atom. The molecule has 4 rings (SSSR count). The van der Waals surface area contributed by atoms with Gasteiger partial charge in [0.1, 0.15) is 0 Å². The number of unbranched alkanes of at least 4 members (excludes halogenated alkanes) is 1. The maximum atomic E-state index is 12.8. The molecule has 1 aliphatic carbocycles. The lowest BCUT2D eigenvalue weighted by Gasteiger charge is -2.20. The average Bonchev–Trinajstić information content (AvgIpc) is 3.01. The number of pyridine rings is 1. The molecule has 27 heavy (non-hydrogen) atoms. The molecule has 142 valence electrons. The van der Waals surface area contributed by atoms with Crippen molar-refractivity contribution in [2.75, 3.05) is 5.32 Å². The van der Waals surface area contributed by atoms with Crippen molar-refractivity contribution >= 4 is 33.7 Å². The van der Waals surface area contributed by atoms with Crippen molar-refractivity contribution < 1.29 is 4.79 Å². The van der Waals surface area contributed by atoms with Gasteiger partial charge in [-0.1, -0.05) is 44.7 Å². The summed E-state index contributed by atoms with van der Waals surface area (Å²) in [6.45, 7) is 5.07. The van der Waals surface area contributed by atoms with Gasteiger partial charge in [-0.3, -0.25) is 4.79 Å². The van der Waals surface area contributed by atoms with Crippen LogP contribution in [0.2, 0.25) is 0 Å². The Hall–Kier alpha value is -2.43. The molecule has 0 aliphatic heterocycles. The molecule has 0 saturated heterocycles. The van der Waals surface area contributed by atoms with Crippen molar-refractivity contribution in [3.63, 3.8) is 0 Å². The van der Waals surface area contributed by atoms with Crippen LogP contribution in [0.25, 0.3) is 21.9 Å². The van der Waals surface area contributed by atoms with Crippen LogP contribution < -0.4 is 5.32 Å². The first-order valence-corrected chi connectivity index (χ1v) is 10.2. The van der Waals surface area contributed by atoms with E-state index in [4.69, 9.17) is 10.1 Å². The number of nitrogens with one attached hydrogen (secondary N) is 1. The molecule has 0 bridgehead atoms. The summed E-state index contributed by atoms with van der Waals surface area (Å²) in [4.78, 5) is 17.6. The van der Waals surface area contributed by atoms with E-state index in [1.54, 1.807) is 0 Å². The normalized spacial score (nSPS) is 15.5. The van der Waals surface area contributed by atoms with Crippen LogP contribution in [0.15, 0.2) is 24.3 Å². The van der Waals surface area contributed by atoms with Crippen LogP contribution in [0.4, 0.5) is 5.82 Å². The Balaban J connectivity index is 1.74. The SMILES string of the molecule is CCCCn1nc(NC(=O)C2CCCCC2)c2cc3ccc(C)cc3nc21. The topological polar surface area (TPSA) is 59.8 Å². The summed E-state index contributed by atoms with van der Waals surface area (Å²) in [5.41, 5.74) is 3.03. The minimum absolute atomic E-state index is 0.112. The number of hydrogen-bond donors (Lipinski definition) is 1. The van der Waals surface area contributed by atoms with E-state index in [0.717, 1.165) is 67.0 Å². The Morgan fingerprint density at radius 1 is 1.22 bits per heavy atom. The van der Waals surface area contributed by atoms with Gasteiger partial charge < -0.3 is 5.32 Å². The summed E-state index contributed by atoms with van der Waals surface area (Å²) in [5.74, 6) is 0.887. The monoisotopic (exact) mass is 364 g/mol. The predicted molar refractivity (Wildman–Crippen MR) is 110 cm³/mol. The number of benzene rings is 1. The van der Waals surface area contributed by atoms with Crippen LogP contribution >= 0.6 is 0 Å². The number of hydrogen-bond acceptors (Lipinski definition) is 3. The fourth-order valence-corrected chi connectivity index (χ4v) is 4.00. The van der Waals surface area contributed by atoms with E-state index in [9.17, 15) is 4.79 Å². The fourth-order valence-electron chi connectivity index (χ4n) is 4.00. The number of carbonyl (C=O) groups excluding carboxylic acids is 1. The Bertz CT molecular complexity index is 969. The molecule has 2 aromatic heterocycles. The zero-order chi connectivity index (χ0) is 18.8. The minimum atomic E-state index is 0.112. The second kappa shape index (κ2) is 7.67. The number of aromatic nitrogens is 3. The molecule has 5 heteroatoms. The fraction of sp³-hybridized carbons (Fsp3) is 0.500. The maximum Gasteiger partial charge on any atom is 0.228 e. The van der Waals surface area contributed by atoms with Gasteiger partial charge in [-0.15, -0.1) is 0 Å². The standard InChI is InChI=1S/C22H28N4O/c1-3-4-12-26-21-18(14-17-11-10-15(2)13-19(17)23-21)20(25-26)24-22(27)16-8-6-5-7-9-16/h10-11,13-14,16H,3-9,12H2,1-2H3,(H,24,25,27). The molecule has 1 N–H and O–H groups in total. The first-order valence-electron chi connectivity index (χ1n) is 10.2. The molecule has 1 amide bonds. The molecule has 1 saturated carbocycles. The summed E-state index contributed by atoms with van der Waals surface area (Å²) < 4.78 is 1.96. The first kappa shape index (κ1) is 18.0. The van der Waals surface area contributed by atoms with Gasteiger partial charge in [0.2, 0.25) is 5.91 Å². The summed E-state index contributed by atoms with van der Waals surface area (Å²) in [6.07, 6.45) is 7.65. The van der Waals surface area contributed by atoms with Crippen molar-refractivity contribution in [1.29, 1.82) is 0 Å². The third-order valence-corrected chi connectivity index (χ3v) is 5.61. The smallest absolute Gasteiger partial charge is 0.228 e. The Labute approximate surface area is 160 Å². The molecule has 0 radical (unpaired) electrons. The number of rotatable bonds is 5. The van der Waals surface area contributed by atoms with Crippen molar-refractivity contribution in [3.05, 3.63) is 29.8 Å². The number of amides is 1. The zero-order valence-corrected chi connectivity index (χ0v) is 16.3. The van der Waals surface area contributed by atoms with E-state index in [1.807, 2.05) is 4.68 Å². The highest BCUT2D eigenvalue weighted by atomic mass is 16.2. The highest BCUT2D eigenvalue weighted by Crippen LogP contribution is 2.29. The summed E-state index contributed by atoms with van der Waals surface area (Å²) in [7, 11) is 0. The molecule has 1 aromatic carbocycles. The van der Waals surface area contributed by atoms with E-state index < -0.39 is 0 Å². The predicted octanol–water partition coefficient (Wildman–Crippen LogP) is 5.21. The number of anilines is 1. The molecular formula is C22H28N4O. The largest absolute Gasteiger partial charge is 0.308 e. The number of carbonyl (C=O) groups is 1. The second-order valence-electron chi connectivity index (χ2n) is 7.81. The molecule has 3 aromatic rings. The van der Waals surface area contributed by atoms with Gasteiger partial charge >= 0.3 is 0 Å². The molecule has 0 unspecified atom stereocenters. The van der Waals surface area contributed by atoms with Gasteiger partial charge in [0, 0.05) is 17.8 Å². The second-order valence-corrected chi connectivity index (χ2v) is 7.81. The highest BCUT2D eigenvalue weighted by molar-refractivity contribution is 6.03. The molecule has 0 atom stereocenters. The van der Waals surface area contributed by atoms with Gasteiger partial charge in [-0.2, -0.15) is 5.10 Å². The summed E-state index contributed by atoms with van der Waals surface area (Å²) in [5, 5.41) is 9.86. The average molecular weight is 364 g/mol. The number of fused-ring (bicyclic) bond motifs is 2. The molecule has 0 spiro atoms. The molecule has 5 nitrogen and oxygen atoms in total. The summed E-state index contributed by atoms with van der Waals surface area (Å²) >= 11 is 0. The third kappa shape index (κ3) is 3.68. The van der Waals surface area contributed by atoms with Gasteiger partial charge in [-0.25, -0.2) is 9.67 Å². The Morgan fingerprint density at radius 3 is 2.81 bits per heavy atom. The molecule has 1 fully saturated rings. The van der Waals surface area contributed by atoms with E-state index in [1.165, 1.54) is 12.0 Å². The van der Waals surface area contributed by atoms with Crippen LogP contribution in [-0.2, 0) is 11.3 Å². The van der Waals surface area contributed by atoms with E-state index in [-0.39, 0.29) is 11.8 Å². The maximum absolute atomic E-state index is 12.8. The van der Waals surface area contributed by atoms with Gasteiger partial charge in [-0.05, 0) is 43.9 Å². The van der Waals surface area contributed by atoms with Gasteiger partial charge in [0.15, 0.2) is 11.5 Å². The molecular weight excluding hydrogens is 336 g/mol. The van der Waals surface area contributed by atoms with Crippen molar-refractivity contribution in [2.45, 2.75) is 65.3 Å². The van der Waals surface area contributed by atoms with Crippen LogP contribution in [-0.4, -0.2) is 20.7 Å². The lowest BCUT2D eigenvalue weighted by molar-refractivity contribution is -0.120. The minimum Gasteiger partial charge on any atom is -0.308 e. The highest BCUT2D eigenvalue weighted by Gasteiger charge is 2.23. The van der Waals surface area contributed by atoms with E-state index in [0.29, 0.717) is 5.82 Å². The van der Waals surface area contributed by atoms with Crippen LogP contribution in [0.5, 0.6) is 0 Å². The lowest BCUT2D eigenvalue weighted by atomic mass is 9.89. The first-order chi connectivity index (χ1) is 13.2. The zero-order valence-electron chi connectivity index (χ0n) is 16.3. The van der Waals surface area contributed by atoms with Crippen LogP contribution in [0.3, 0.4) is 0 Å². The Kier molecular flexibility index (Phi) is 5.10. The number of nitrogens with zero attached hydrogens (tertiary/aromatic N) is 3. The number of aryl methyl sites for hydroxylation is 2. The quantitative estimate of drug-likeness (QED) is 0.676. The van der Waals surface area contributed by atoms with Crippen molar-refractivity contribution in [1.82, 2.24) is 14.8 Å². The third-order valence-electron chi connectivity index (χ3n) is 5.61. The van der Waals surface area contributed by atoms with Crippen LogP contribution in [0, 0.1) is 12.8 Å². The van der Waals surface area contributed by atoms with E-state index >= 15 is 0 Å².